The van der Waals surface area contributed by atoms with E-state index >= 15 is 0 Å². The summed E-state index contributed by atoms with van der Waals surface area (Å²) in [5.41, 5.74) is -0.276. The van der Waals surface area contributed by atoms with Gasteiger partial charge >= 0.3 is 0 Å². The molecule has 0 bridgehead atoms. The maximum absolute atomic E-state index is 13.1. The quantitative estimate of drug-likeness (QED) is 0.829. The first-order valence-corrected chi connectivity index (χ1v) is 9.45. The van der Waals surface area contributed by atoms with Crippen molar-refractivity contribution < 1.29 is 9.53 Å². The van der Waals surface area contributed by atoms with Crippen molar-refractivity contribution in [2.45, 2.75) is 38.5 Å². The fourth-order valence-corrected chi connectivity index (χ4v) is 4.59. The maximum atomic E-state index is 13.1. The number of hydrogen-bond donors (Lipinski definition) is 1. The molecule has 3 aliphatic rings. The summed E-state index contributed by atoms with van der Waals surface area (Å²) in [6.07, 6.45) is 6.89. The minimum absolute atomic E-state index is 0.276. The lowest BCUT2D eigenvalue weighted by Crippen LogP contribution is -2.53. The van der Waals surface area contributed by atoms with Gasteiger partial charge in [-0.15, -0.1) is 0 Å². The van der Waals surface area contributed by atoms with Gasteiger partial charge < -0.3 is 19.9 Å². The number of piperidine rings is 2. The molecular formula is C18H33N3O2. The average Bonchev–Trinajstić information content (AvgIpc) is 3.09. The molecule has 0 unspecified atom stereocenters. The highest BCUT2D eigenvalue weighted by Crippen LogP contribution is 2.33. The van der Waals surface area contributed by atoms with Crippen LogP contribution < -0.4 is 5.32 Å². The molecule has 0 aromatic rings. The van der Waals surface area contributed by atoms with Gasteiger partial charge in [-0.2, -0.15) is 0 Å². The van der Waals surface area contributed by atoms with Crippen LogP contribution >= 0.6 is 0 Å². The molecule has 132 valence electrons. The Morgan fingerprint density at radius 2 is 1.78 bits per heavy atom. The highest BCUT2D eigenvalue weighted by molar-refractivity contribution is 5.83. The number of rotatable bonds is 5. The fraction of sp³-hybridized carbons (Fsp3) is 0.944. The Kier molecular flexibility index (Phi) is 5.94. The maximum Gasteiger partial charge on any atom is 0.231 e. The number of hydrogen-bond acceptors (Lipinski definition) is 4. The zero-order chi connectivity index (χ0) is 16.1. The monoisotopic (exact) mass is 323 g/mol. The molecule has 0 aromatic carbocycles. The molecule has 3 saturated heterocycles. The molecule has 3 heterocycles. The number of carbonyl (C=O) groups is 1. The first kappa shape index (κ1) is 17.2. The lowest BCUT2D eigenvalue weighted by molar-refractivity contribution is -0.149. The van der Waals surface area contributed by atoms with Crippen molar-refractivity contribution in [2.24, 2.45) is 11.3 Å². The molecule has 3 fully saturated rings. The summed E-state index contributed by atoms with van der Waals surface area (Å²) < 4.78 is 5.42. The molecule has 3 rings (SSSR count). The van der Waals surface area contributed by atoms with Gasteiger partial charge in [0.1, 0.15) is 0 Å². The third-order valence-corrected chi connectivity index (χ3v) is 6.05. The number of likely N-dealkylation sites (tertiary alicyclic amines) is 2. The van der Waals surface area contributed by atoms with Gasteiger partial charge in [-0.05, 0) is 70.6 Å². The van der Waals surface area contributed by atoms with E-state index in [-0.39, 0.29) is 5.41 Å². The summed E-state index contributed by atoms with van der Waals surface area (Å²) in [7, 11) is 1.72. The van der Waals surface area contributed by atoms with E-state index in [9.17, 15) is 4.79 Å². The number of nitrogens with zero attached hydrogens (tertiary/aromatic N) is 2. The van der Waals surface area contributed by atoms with E-state index in [2.05, 4.69) is 15.1 Å². The minimum atomic E-state index is -0.276. The van der Waals surface area contributed by atoms with E-state index in [4.69, 9.17) is 4.74 Å². The topological polar surface area (TPSA) is 44.8 Å². The van der Waals surface area contributed by atoms with Crippen molar-refractivity contribution in [1.82, 2.24) is 15.1 Å². The summed E-state index contributed by atoms with van der Waals surface area (Å²) in [5.74, 6) is 1.13. The molecule has 0 aliphatic carbocycles. The van der Waals surface area contributed by atoms with Crippen molar-refractivity contribution in [3.8, 4) is 0 Å². The molecule has 0 spiro atoms. The first-order chi connectivity index (χ1) is 11.2. The van der Waals surface area contributed by atoms with Crippen molar-refractivity contribution in [3.63, 3.8) is 0 Å². The lowest BCUT2D eigenvalue weighted by atomic mass is 9.77. The number of amides is 1. The highest BCUT2D eigenvalue weighted by atomic mass is 16.5. The van der Waals surface area contributed by atoms with E-state index in [1.165, 1.54) is 45.3 Å². The van der Waals surface area contributed by atoms with Gasteiger partial charge in [0.2, 0.25) is 5.91 Å². The lowest BCUT2D eigenvalue weighted by Gasteiger charge is -2.42. The number of carbonyl (C=O) groups excluding carboxylic acids is 1. The standard InChI is InChI=1S/C18H33N3O2/c1-23-15-18(6-8-19-9-7-18)17(22)21-12-4-16(5-13-21)14-20-10-2-3-11-20/h16,19H,2-15H2,1H3. The Labute approximate surface area is 140 Å². The molecule has 23 heavy (non-hydrogen) atoms. The van der Waals surface area contributed by atoms with Gasteiger partial charge in [-0.3, -0.25) is 4.79 Å². The molecule has 1 amide bonds. The van der Waals surface area contributed by atoms with Crippen molar-refractivity contribution in [1.29, 1.82) is 0 Å². The SMILES string of the molecule is COCC1(C(=O)N2CCC(CN3CCCC3)CC2)CCNCC1. The van der Waals surface area contributed by atoms with Gasteiger partial charge in [-0.1, -0.05) is 0 Å². The molecule has 0 aromatic heterocycles. The highest BCUT2D eigenvalue weighted by Gasteiger charge is 2.42. The van der Waals surface area contributed by atoms with Gasteiger partial charge in [0.25, 0.3) is 0 Å². The summed E-state index contributed by atoms with van der Waals surface area (Å²) in [4.78, 5) is 17.9. The number of nitrogens with one attached hydrogen (secondary N) is 1. The zero-order valence-corrected chi connectivity index (χ0v) is 14.7. The van der Waals surface area contributed by atoms with E-state index in [1.54, 1.807) is 7.11 Å². The number of methoxy groups -OCH3 is 1. The second-order valence-corrected chi connectivity index (χ2v) is 7.71. The summed E-state index contributed by atoms with van der Waals surface area (Å²) in [5, 5.41) is 3.37. The van der Waals surface area contributed by atoms with Crippen LogP contribution in [0.15, 0.2) is 0 Å². The van der Waals surface area contributed by atoms with Crippen LogP contribution in [0, 0.1) is 11.3 Å². The molecule has 0 radical (unpaired) electrons. The van der Waals surface area contributed by atoms with E-state index in [1.807, 2.05) is 0 Å². The smallest absolute Gasteiger partial charge is 0.231 e. The Morgan fingerprint density at radius 3 is 2.39 bits per heavy atom. The fourth-order valence-electron chi connectivity index (χ4n) is 4.59. The Balaban J connectivity index is 1.52. The Hall–Kier alpha value is -0.650. The van der Waals surface area contributed by atoms with Crippen LogP contribution in [0.5, 0.6) is 0 Å². The predicted molar refractivity (Wildman–Crippen MR) is 91.4 cm³/mol. The number of ether oxygens (including phenoxy) is 1. The van der Waals surface area contributed by atoms with Crippen LogP contribution in [0.25, 0.3) is 0 Å². The van der Waals surface area contributed by atoms with Gasteiger partial charge in [0, 0.05) is 26.7 Å². The van der Waals surface area contributed by atoms with Crippen molar-refractivity contribution in [3.05, 3.63) is 0 Å². The van der Waals surface area contributed by atoms with Gasteiger partial charge in [0.05, 0.1) is 12.0 Å². The molecule has 3 aliphatic heterocycles. The van der Waals surface area contributed by atoms with Crippen LogP contribution in [-0.4, -0.2) is 75.2 Å². The largest absolute Gasteiger partial charge is 0.384 e. The van der Waals surface area contributed by atoms with Crippen LogP contribution in [-0.2, 0) is 9.53 Å². The summed E-state index contributed by atoms with van der Waals surface area (Å²) in [6.45, 7) is 8.12. The third-order valence-electron chi connectivity index (χ3n) is 6.05. The Bertz CT molecular complexity index is 376. The second-order valence-electron chi connectivity index (χ2n) is 7.71. The summed E-state index contributed by atoms with van der Waals surface area (Å²) in [6, 6.07) is 0. The van der Waals surface area contributed by atoms with Crippen LogP contribution in [0.3, 0.4) is 0 Å². The molecule has 5 heteroatoms. The first-order valence-electron chi connectivity index (χ1n) is 9.45. The molecular weight excluding hydrogens is 290 g/mol. The van der Waals surface area contributed by atoms with E-state index < -0.39 is 0 Å². The van der Waals surface area contributed by atoms with E-state index in [0.717, 1.165) is 44.9 Å². The molecule has 0 saturated carbocycles. The van der Waals surface area contributed by atoms with E-state index in [0.29, 0.717) is 12.5 Å². The van der Waals surface area contributed by atoms with Crippen LogP contribution in [0.2, 0.25) is 0 Å². The predicted octanol–water partition coefficient (Wildman–Crippen LogP) is 1.34. The normalized spacial score (nSPS) is 26.6. The minimum Gasteiger partial charge on any atom is -0.384 e. The summed E-state index contributed by atoms with van der Waals surface area (Å²) >= 11 is 0. The van der Waals surface area contributed by atoms with Gasteiger partial charge in [-0.25, -0.2) is 0 Å². The molecule has 5 nitrogen and oxygen atoms in total. The van der Waals surface area contributed by atoms with Crippen LogP contribution in [0.1, 0.15) is 38.5 Å². The molecule has 0 atom stereocenters. The average molecular weight is 323 g/mol. The van der Waals surface area contributed by atoms with Crippen molar-refractivity contribution in [2.75, 3.05) is 59.5 Å². The third kappa shape index (κ3) is 4.06. The second kappa shape index (κ2) is 7.95. The molecule has 1 N–H and O–H groups in total. The Morgan fingerprint density at radius 1 is 1.13 bits per heavy atom. The zero-order valence-electron chi connectivity index (χ0n) is 14.7. The van der Waals surface area contributed by atoms with Crippen LogP contribution in [0.4, 0.5) is 0 Å². The van der Waals surface area contributed by atoms with Crippen molar-refractivity contribution >= 4 is 5.91 Å². The van der Waals surface area contributed by atoms with Gasteiger partial charge in [0.15, 0.2) is 0 Å².